The number of para-hydroxylation sites is 1. The Morgan fingerprint density at radius 1 is 1.08 bits per heavy atom. The maximum atomic E-state index is 12.1. The molecule has 0 unspecified atom stereocenters. The lowest BCUT2D eigenvalue weighted by Crippen LogP contribution is -2.09. The second-order valence-corrected chi connectivity index (χ2v) is 5.40. The van der Waals surface area contributed by atoms with Gasteiger partial charge in [-0.3, -0.25) is 0 Å². The lowest BCUT2D eigenvalue weighted by atomic mass is 10.2. The number of esters is 1. The number of nitrogens with one attached hydrogen (secondary N) is 2. The Morgan fingerprint density at radius 2 is 1.85 bits per heavy atom. The van der Waals surface area contributed by atoms with Crippen LogP contribution in [0.1, 0.15) is 22.8 Å². The number of anilines is 3. The van der Waals surface area contributed by atoms with Crippen LogP contribution in [0.3, 0.4) is 0 Å². The van der Waals surface area contributed by atoms with E-state index in [4.69, 9.17) is 4.74 Å². The van der Waals surface area contributed by atoms with Crippen molar-refractivity contribution in [2.45, 2.75) is 13.5 Å². The Labute approximate surface area is 151 Å². The van der Waals surface area contributed by atoms with Gasteiger partial charge in [0.05, 0.1) is 24.1 Å². The highest BCUT2D eigenvalue weighted by Crippen LogP contribution is 2.20. The lowest BCUT2D eigenvalue weighted by molar-refractivity contribution is 0.0527. The first-order valence-corrected chi connectivity index (χ1v) is 8.27. The number of ether oxygens (including phenoxy) is 1. The van der Waals surface area contributed by atoms with Crippen molar-refractivity contribution < 1.29 is 9.53 Å². The van der Waals surface area contributed by atoms with Crippen molar-refractivity contribution >= 4 is 23.4 Å². The number of hydrogen-bond donors (Lipinski definition) is 2. The summed E-state index contributed by atoms with van der Waals surface area (Å²) in [5.41, 5.74) is 2.15. The van der Waals surface area contributed by atoms with Gasteiger partial charge in [0, 0.05) is 6.54 Å². The summed E-state index contributed by atoms with van der Waals surface area (Å²) in [4.78, 5) is 16.4. The smallest absolute Gasteiger partial charge is 0.340 e. The van der Waals surface area contributed by atoms with Crippen molar-refractivity contribution in [1.82, 2.24) is 15.2 Å². The Hall–Kier alpha value is -3.48. The molecular weight excluding hydrogens is 330 g/mol. The molecule has 2 aromatic carbocycles. The molecule has 0 atom stereocenters. The fourth-order valence-electron chi connectivity index (χ4n) is 2.33. The van der Waals surface area contributed by atoms with Gasteiger partial charge in [-0.15, -0.1) is 5.10 Å². The van der Waals surface area contributed by atoms with E-state index in [-0.39, 0.29) is 5.97 Å². The third kappa shape index (κ3) is 4.54. The van der Waals surface area contributed by atoms with Gasteiger partial charge in [-0.2, -0.15) is 10.1 Å². The summed E-state index contributed by atoms with van der Waals surface area (Å²) in [6.07, 6.45) is 1.50. The van der Waals surface area contributed by atoms with Gasteiger partial charge >= 0.3 is 5.97 Å². The first kappa shape index (κ1) is 17.3. The number of nitrogens with zero attached hydrogens (tertiary/aromatic N) is 3. The van der Waals surface area contributed by atoms with E-state index in [1.54, 1.807) is 25.1 Å². The Kier molecular flexibility index (Phi) is 5.72. The number of hydrogen-bond acceptors (Lipinski definition) is 7. The molecule has 0 spiro atoms. The van der Waals surface area contributed by atoms with Crippen LogP contribution in [0.5, 0.6) is 0 Å². The fraction of sp³-hybridized carbons (Fsp3) is 0.158. The summed E-state index contributed by atoms with van der Waals surface area (Å²) < 4.78 is 5.08. The van der Waals surface area contributed by atoms with Crippen LogP contribution in [-0.2, 0) is 11.3 Å². The predicted molar refractivity (Wildman–Crippen MR) is 99.3 cm³/mol. The molecule has 1 heterocycles. The maximum absolute atomic E-state index is 12.1. The molecule has 132 valence electrons. The van der Waals surface area contributed by atoms with E-state index in [1.807, 2.05) is 36.4 Å². The lowest BCUT2D eigenvalue weighted by Gasteiger charge is -2.11. The molecule has 0 fully saturated rings. The molecule has 0 aliphatic rings. The molecule has 2 N–H and O–H groups in total. The predicted octanol–water partition coefficient (Wildman–Crippen LogP) is 3.40. The van der Waals surface area contributed by atoms with E-state index in [9.17, 15) is 4.79 Å². The number of benzene rings is 2. The molecule has 7 nitrogen and oxygen atoms in total. The molecule has 3 rings (SSSR count). The van der Waals surface area contributed by atoms with Gasteiger partial charge in [0.1, 0.15) is 0 Å². The molecule has 0 saturated heterocycles. The van der Waals surface area contributed by atoms with Crippen molar-refractivity contribution in [3.8, 4) is 0 Å². The van der Waals surface area contributed by atoms with Gasteiger partial charge in [-0.05, 0) is 24.6 Å². The van der Waals surface area contributed by atoms with Gasteiger partial charge in [-0.25, -0.2) is 4.79 Å². The maximum Gasteiger partial charge on any atom is 0.340 e. The second kappa shape index (κ2) is 8.57. The molecule has 0 amide bonds. The van der Waals surface area contributed by atoms with Crippen LogP contribution >= 0.6 is 0 Å². The van der Waals surface area contributed by atoms with Gasteiger partial charge < -0.3 is 15.4 Å². The van der Waals surface area contributed by atoms with E-state index in [1.165, 1.54) is 6.20 Å². The quantitative estimate of drug-likeness (QED) is 0.632. The Balaban J connectivity index is 1.72. The van der Waals surface area contributed by atoms with Crippen LogP contribution in [0.15, 0.2) is 60.8 Å². The van der Waals surface area contributed by atoms with Gasteiger partial charge in [0.2, 0.25) is 5.95 Å². The van der Waals surface area contributed by atoms with E-state index in [0.717, 1.165) is 5.56 Å². The highest BCUT2D eigenvalue weighted by atomic mass is 16.5. The molecule has 0 aliphatic heterocycles. The summed E-state index contributed by atoms with van der Waals surface area (Å²) in [7, 11) is 0. The Bertz CT molecular complexity index is 871. The van der Waals surface area contributed by atoms with Crippen molar-refractivity contribution in [3.05, 3.63) is 71.9 Å². The van der Waals surface area contributed by atoms with Gasteiger partial charge in [-0.1, -0.05) is 42.5 Å². The normalized spacial score (nSPS) is 10.2. The minimum Gasteiger partial charge on any atom is -0.462 e. The molecule has 1 aromatic heterocycles. The average molecular weight is 349 g/mol. The SMILES string of the molecule is CCOC(=O)c1ccccc1Nc1cnnc(NCc2ccccc2)n1. The molecule has 0 saturated carbocycles. The summed E-state index contributed by atoms with van der Waals surface area (Å²) in [6, 6.07) is 17.0. The van der Waals surface area contributed by atoms with E-state index >= 15 is 0 Å². The number of rotatable bonds is 7. The average Bonchev–Trinajstić information content (AvgIpc) is 2.68. The van der Waals surface area contributed by atoms with E-state index in [0.29, 0.717) is 36.2 Å². The van der Waals surface area contributed by atoms with Crippen molar-refractivity contribution in [2.75, 3.05) is 17.2 Å². The zero-order valence-corrected chi connectivity index (χ0v) is 14.3. The summed E-state index contributed by atoms with van der Waals surface area (Å²) in [6.45, 7) is 2.67. The molecule has 0 aliphatic carbocycles. The van der Waals surface area contributed by atoms with Crippen LogP contribution in [0.4, 0.5) is 17.5 Å². The first-order chi connectivity index (χ1) is 12.8. The van der Waals surface area contributed by atoms with Crippen molar-refractivity contribution in [3.63, 3.8) is 0 Å². The number of aromatic nitrogens is 3. The third-order valence-corrected chi connectivity index (χ3v) is 3.54. The van der Waals surface area contributed by atoms with Crippen LogP contribution in [0.2, 0.25) is 0 Å². The number of carbonyl (C=O) groups excluding carboxylic acids is 1. The summed E-state index contributed by atoms with van der Waals surface area (Å²) in [5, 5.41) is 14.2. The van der Waals surface area contributed by atoms with Crippen LogP contribution < -0.4 is 10.6 Å². The summed E-state index contributed by atoms with van der Waals surface area (Å²) in [5.74, 6) is 0.486. The van der Waals surface area contributed by atoms with Crippen molar-refractivity contribution in [1.29, 1.82) is 0 Å². The molecule has 7 heteroatoms. The second-order valence-electron chi connectivity index (χ2n) is 5.40. The van der Waals surface area contributed by atoms with E-state index < -0.39 is 0 Å². The minimum atomic E-state index is -0.389. The molecular formula is C19H19N5O2. The molecule has 26 heavy (non-hydrogen) atoms. The largest absolute Gasteiger partial charge is 0.462 e. The van der Waals surface area contributed by atoms with Crippen molar-refractivity contribution in [2.24, 2.45) is 0 Å². The van der Waals surface area contributed by atoms with Crippen LogP contribution in [0.25, 0.3) is 0 Å². The third-order valence-electron chi connectivity index (χ3n) is 3.54. The van der Waals surface area contributed by atoms with Crippen LogP contribution in [-0.4, -0.2) is 27.8 Å². The minimum absolute atomic E-state index is 0.315. The number of carbonyl (C=O) groups is 1. The monoisotopic (exact) mass is 349 g/mol. The zero-order chi connectivity index (χ0) is 18.2. The summed E-state index contributed by atoms with van der Waals surface area (Å²) >= 11 is 0. The molecule has 0 radical (unpaired) electrons. The first-order valence-electron chi connectivity index (χ1n) is 8.27. The standard InChI is InChI=1S/C19H19N5O2/c1-2-26-18(25)15-10-6-7-11-16(15)22-17-13-21-24-19(23-17)20-12-14-8-4-3-5-9-14/h3-11,13H,2,12H2,1H3,(H2,20,22,23,24). The zero-order valence-electron chi connectivity index (χ0n) is 14.3. The van der Waals surface area contributed by atoms with Crippen LogP contribution in [0, 0.1) is 0 Å². The highest BCUT2D eigenvalue weighted by molar-refractivity contribution is 5.96. The Morgan fingerprint density at radius 3 is 2.65 bits per heavy atom. The molecule has 0 bridgehead atoms. The van der Waals surface area contributed by atoms with Gasteiger partial charge in [0.25, 0.3) is 0 Å². The molecule has 3 aromatic rings. The highest BCUT2D eigenvalue weighted by Gasteiger charge is 2.12. The van der Waals surface area contributed by atoms with Gasteiger partial charge in [0.15, 0.2) is 5.82 Å². The van der Waals surface area contributed by atoms with E-state index in [2.05, 4.69) is 25.8 Å². The topological polar surface area (TPSA) is 89.0 Å². The fourth-order valence-corrected chi connectivity index (χ4v) is 2.33.